The number of aliphatic hydroxyl groups excluding tert-OH is 1. The standard InChI is InChI=1S/C21H32N2O4S2/c24-17-8-6-14(7-9-17)10-16(15-4-2-1-3-5-15)11-18(25)23-21-22-12-20(29-21)28-13-19(26)27/h12,14-17,24H,1-11,13H2,(H,26,27)(H,22,23,25). The first kappa shape index (κ1) is 22.6. The number of carbonyl (C=O) groups is 2. The number of hydrogen-bond acceptors (Lipinski definition) is 6. The number of aliphatic hydroxyl groups is 1. The first-order chi connectivity index (χ1) is 14.0. The van der Waals surface area contributed by atoms with Gasteiger partial charge in [0, 0.05) is 6.42 Å². The number of aromatic nitrogens is 1. The van der Waals surface area contributed by atoms with E-state index in [0.717, 1.165) is 36.3 Å². The van der Waals surface area contributed by atoms with Crippen LogP contribution in [0.3, 0.4) is 0 Å². The number of thiazole rings is 1. The maximum Gasteiger partial charge on any atom is 0.313 e. The van der Waals surface area contributed by atoms with Gasteiger partial charge in [0.05, 0.1) is 22.3 Å². The van der Waals surface area contributed by atoms with Crippen molar-refractivity contribution in [3.63, 3.8) is 0 Å². The van der Waals surface area contributed by atoms with Gasteiger partial charge in [-0.2, -0.15) is 0 Å². The molecule has 8 heteroatoms. The largest absolute Gasteiger partial charge is 0.481 e. The van der Waals surface area contributed by atoms with Crippen LogP contribution in [0.15, 0.2) is 10.4 Å². The number of aliphatic carboxylic acids is 1. The number of anilines is 1. The predicted molar refractivity (Wildman–Crippen MR) is 116 cm³/mol. The second-order valence-electron chi connectivity index (χ2n) is 8.49. The molecule has 2 aliphatic rings. The summed E-state index contributed by atoms with van der Waals surface area (Å²) < 4.78 is 0.798. The van der Waals surface area contributed by atoms with Crippen molar-refractivity contribution in [2.75, 3.05) is 11.1 Å². The van der Waals surface area contributed by atoms with Crippen molar-refractivity contribution in [2.24, 2.45) is 17.8 Å². The maximum atomic E-state index is 12.7. The molecule has 1 heterocycles. The maximum absolute atomic E-state index is 12.7. The van der Waals surface area contributed by atoms with Crippen LogP contribution in [0.2, 0.25) is 0 Å². The summed E-state index contributed by atoms with van der Waals surface area (Å²) in [7, 11) is 0. The highest BCUT2D eigenvalue weighted by molar-refractivity contribution is 8.01. The third-order valence-electron chi connectivity index (χ3n) is 6.29. The number of nitrogens with one attached hydrogen (secondary N) is 1. The van der Waals surface area contributed by atoms with Crippen molar-refractivity contribution in [3.8, 4) is 0 Å². The molecule has 162 valence electrons. The molecular formula is C21H32N2O4S2. The molecule has 0 bridgehead atoms. The van der Waals surface area contributed by atoms with E-state index in [0.29, 0.717) is 29.3 Å². The number of carboxylic acid groups (broad SMARTS) is 1. The summed E-state index contributed by atoms with van der Waals surface area (Å²) in [6.45, 7) is 0. The Morgan fingerprint density at radius 2 is 1.90 bits per heavy atom. The average molecular weight is 441 g/mol. The van der Waals surface area contributed by atoms with E-state index in [9.17, 15) is 14.7 Å². The van der Waals surface area contributed by atoms with Gasteiger partial charge in [-0.1, -0.05) is 43.4 Å². The second-order valence-corrected chi connectivity index (χ2v) is 10.8. The Balaban J connectivity index is 1.54. The molecule has 6 nitrogen and oxygen atoms in total. The molecule has 3 rings (SSSR count). The fourth-order valence-electron chi connectivity index (χ4n) is 4.78. The van der Waals surface area contributed by atoms with E-state index in [4.69, 9.17) is 5.11 Å². The van der Waals surface area contributed by atoms with Gasteiger partial charge in [-0.15, -0.1) is 11.8 Å². The first-order valence-electron chi connectivity index (χ1n) is 10.8. The van der Waals surface area contributed by atoms with Gasteiger partial charge in [0.1, 0.15) is 0 Å². The van der Waals surface area contributed by atoms with Crippen molar-refractivity contribution >= 4 is 40.1 Å². The number of hydrogen-bond donors (Lipinski definition) is 3. The molecule has 3 N–H and O–H groups in total. The molecule has 0 radical (unpaired) electrons. The summed E-state index contributed by atoms with van der Waals surface area (Å²) in [5.74, 6) is 0.794. The molecule has 1 aromatic heterocycles. The van der Waals surface area contributed by atoms with E-state index in [-0.39, 0.29) is 17.8 Å². The Morgan fingerprint density at radius 1 is 1.17 bits per heavy atom. The molecule has 2 saturated carbocycles. The molecule has 2 fully saturated rings. The third kappa shape index (κ3) is 7.57. The van der Waals surface area contributed by atoms with Gasteiger partial charge in [-0.25, -0.2) is 4.98 Å². The van der Waals surface area contributed by atoms with Gasteiger partial charge >= 0.3 is 5.97 Å². The molecule has 1 aromatic rings. The lowest BCUT2D eigenvalue weighted by molar-refractivity contribution is -0.133. The van der Waals surface area contributed by atoms with Gasteiger partial charge in [-0.3, -0.25) is 9.59 Å². The van der Waals surface area contributed by atoms with Crippen LogP contribution in [0.1, 0.15) is 70.6 Å². The quantitative estimate of drug-likeness (QED) is 0.478. The second kappa shape index (κ2) is 11.3. The lowest BCUT2D eigenvalue weighted by Crippen LogP contribution is -2.28. The van der Waals surface area contributed by atoms with E-state index < -0.39 is 5.97 Å². The highest BCUT2D eigenvalue weighted by atomic mass is 32.2. The Labute approximate surface area is 180 Å². The zero-order chi connectivity index (χ0) is 20.6. The Hall–Kier alpha value is -1.12. The fraction of sp³-hybridized carbons (Fsp3) is 0.762. The molecule has 0 aliphatic heterocycles. The van der Waals surface area contributed by atoms with Crippen molar-refractivity contribution < 1.29 is 19.8 Å². The van der Waals surface area contributed by atoms with Crippen LogP contribution in [0, 0.1) is 17.8 Å². The van der Waals surface area contributed by atoms with Crippen LogP contribution >= 0.6 is 23.1 Å². The number of nitrogens with zero attached hydrogens (tertiary/aromatic N) is 1. The van der Waals surface area contributed by atoms with Gasteiger partial charge < -0.3 is 15.5 Å². The van der Waals surface area contributed by atoms with E-state index in [1.807, 2.05) is 0 Å². The first-order valence-corrected chi connectivity index (χ1v) is 12.6. The fourth-order valence-corrected chi connectivity index (χ4v) is 6.39. The minimum atomic E-state index is -0.862. The molecule has 2 aliphatic carbocycles. The normalized spacial score (nSPS) is 24.2. The lowest BCUT2D eigenvalue weighted by atomic mass is 9.72. The molecular weight excluding hydrogens is 408 g/mol. The van der Waals surface area contributed by atoms with Crippen LogP contribution in [0.4, 0.5) is 5.13 Å². The lowest BCUT2D eigenvalue weighted by Gasteiger charge is -2.34. The average Bonchev–Trinajstić information content (AvgIpc) is 3.15. The Kier molecular flexibility index (Phi) is 8.81. The van der Waals surface area contributed by atoms with Gasteiger partial charge in [0.15, 0.2) is 5.13 Å². The van der Waals surface area contributed by atoms with Crippen molar-refractivity contribution in [1.29, 1.82) is 0 Å². The molecule has 29 heavy (non-hydrogen) atoms. The molecule has 1 unspecified atom stereocenters. The van der Waals surface area contributed by atoms with Crippen LogP contribution < -0.4 is 5.32 Å². The summed E-state index contributed by atoms with van der Waals surface area (Å²) in [4.78, 5) is 27.7. The Bertz CT molecular complexity index is 667. The van der Waals surface area contributed by atoms with Gasteiger partial charge in [-0.05, 0) is 49.9 Å². The van der Waals surface area contributed by atoms with Crippen LogP contribution in [0.25, 0.3) is 0 Å². The zero-order valence-corrected chi connectivity index (χ0v) is 18.5. The van der Waals surface area contributed by atoms with Crippen LogP contribution in [0.5, 0.6) is 0 Å². The van der Waals surface area contributed by atoms with Crippen molar-refractivity contribution in [2.45, 2.75) is 80.9 Å². The smallest absolute Gasteiger partial charge is 0.313 e. The molecule has 1 atom stereocenters. The van der Waals surface area contributed by atoms with Crippen LogP contribution in [-0.4, -0.2) is 38.9 Å². The predicted octanol–water partition coefficient (Wildman–Crippen LogP) is 4.79. The summed E-state index contributed by atoms with van der Waals surface area (Å²) >= 11 is 2.55. The van der Waals surface area contributed by atoms with Crippen molar-refractivity contribution in [3.05, 3.63) is 6.20 Å². The number of carboxylic acids is 1. The summed E-state index contributed by atoms with van der Waals surface area (Å²) in [6, 6.07) is 0. The van der Waals surface area contributed by atoms with E-state index in [1.165, 1.54) is 55.2 Å². The van der Waals surface area contributed by atoms with Gasteiger partial charge in [0.2, 0.25) is 5.91 Å². The SMILES string of the molecule is O=C(O)CSc1cnc(NC(=O)CC(CC2CCC(O)CC2)C2CCCCC2)s1. The summed E-state index contributed by atoms with van der Waals surface area (Å²) in [5, 5.41) is 22.0. The molecule has 0 spiro atoms. The number of amides is 1. The third-order valence-corrected chi connectivity index (χ3v) is 8.38. The molecule has 1 amide bonds. The minimum absolute atomic E-state index is 0.00454. The molecule has 0 aromatic carbocycles. The molecule has 0 saturated heterocycles. The monoisotopic (exact) mass is 440 g/mol. The topological polar surface area (TPSA) is 99.5 Å². The van der Waals surface area contributed by atoms with E-state index >= 15 is 0 Å². The van der Waals surface area contributed by atoms with E-state index in [2.05, 4.69) is 10.3 Å². The summed E-state index contributed by atoms with van der Waals surface area (Å²) in [5.41, 5.74) is 0. The Morgan fingerprint density at radius 3 is 2.59 bits per heavy atom. The number of carbonyl (C=O) groups excluding carboxylic acids is 1. The van der Waals surface area contributed by atoms with E-state index in [1.54, 1.807) is 6.20 Å². The number of thioether (sulfide) groups is 1. The van der Waals surface area contributed by atoms with Crippen molar-refractivity contribution in [1.82, 2.24) is 4.98 Å². The highest BCUT2D eigenvalue weighted by Gasteiger charge is 2.30. The number of rotatable bonds is 9. The highest BCUT2D eigenvalue weighted by Crippen LogP contribution is 2.39. The van der Waals surface area contributed by atoms with Crippen LogP contribution in [-0.2, 0) is 9.59 Å². The summed E-state index contributed by atoms with van der Waals surface area (Å²) in [6.07, 6.45) is 13.3. The minimum Gasteiger partial charge on any atom is -0.481 e. The zero-order valence-electron chi connectivity index (χ0n) is 16.8. The van der Waals surface area contributed by atoms with Gasteiger partial charge in [0.25, 0.3) is 0 Å².